The molecule has 31 heavy (non-hydrogen) atoms. The van der Waals surface area contributed by atoms with Gasteiger partial charge in [-0.25, -0.2) is 4.79 Å². The lowest BCUT2D eigenvalue weighted by atomic mass is 10.1. The van der Waals surface area contributed by atoms with Gasteiger partial charge in [-0.1, -0.05) is 6.07 Å². The summed E-state index contributed by atoms with van der Waals surface area (Å²) in [5.41, 5.74) is 1.65. The molecule has 5 rings (SSSR count). The second kappa shape index (κ2) is 8.58. The van der Waals surface area contributed by atoms with Crippen LogP contribution >= 0.6 is 0 Å². The predicted molar refractivity (Wildman–Crippen MR) is 112 cm³/mol. The normalized spacial score (nSPS) is 19.0. The molecule has 2 aromatic rings. The lowest BCUT2D eigenvalue weighted by Crippen LogP contribution is -2.49. The molecule has 3 aliphatic rings. The molecule has 2 fully saturated rings. The third-order valence-corrected chi connectivity index (χ3v) is 6.15. The Labute approximate surface area is 181 Å². The van der Waals surface area contributed by atoms with Gasteiger partial charge in [0.2, 0.25) is 6.79 Å². The van der Waals surface area contributed by atoms with Crippen LogP contribution in [-0.4, -0.2) is 82.5 Å². The van der Waals surface area contributed by atoms with Crippen LogP contribution in [0.25, 0.3) is 0 Å². The number of aromatic nitrogens is 2. The number of piperazine rings is 1. The van der Waals surface area contributed by atoms with Gasteiger partial charge in [-0.2, -0.15) is 9.78 Å². The van der Waals surface area contributed by atoms with E-state index in [0.717, 1.165) is 62.6 Å². The Bertz CT molecular complexity index is 961. The molecule has 1 aromatic carbocycles. The van der Waals surface area contributed by atoms with Crippen LogP contribution in [0.4, 0.5) is 4.79 Å². The number of amides is 2. The van der Waals surface area contributed by atoms with Gasteiger partial charge in [0, 0.05) is 52.0 Å². The third kappa shape index (κ3) is 4.23. The number of fused-ring (bicyclic) bond motifs is 1. The monoisotopic (exact) mass is 425 g/mol. The molecule has 0 aliphatic carbocycles. The summed E-state index contributed by atoms with van der Waals surface area (Å²) >= 11 is 0. The van der Waals surface area contributed by atoms with E-state index in [-0.39, 0.29) is 18.7 Å². The largest absolute Gasteiger partial charge is 0.454 e. The van der Waals surface area contributed by atoms with Crippen molar-refractivity contribution in [3.05, 3.63) is 41.7 Å². The van der Waals surface area contributed by atoms with Gasteiger partial charge in [-0.05, 0) is 37.0 Å². The fourth-order valence-electron chi connectivity index (χ4n) is 4.36. The molecule has 1 aromatic heterocycles. The fraction of sp³-hybridized carbons (Fsp3) is 0.500. The van der Waals surface area contributed by atoms with Gasteiger partial charge in [0.05, 0.1) is 11.8 Å². The van der Waals surface area contributed by atoms with E-state index >= 15 is 0 Å². The summed E-state index contributed by atoms with van der Waals surface area (Å²) in [5.74, 6) is 1.55. The molecule has 9 nitrogen and oxygen atoms in total. The van der Waals surface area contributed by atoms with E-state index in [9.17, 15) is 9.59 Å². The molecule has 0 bridgehead atoms. The summed E-state index contributed by atoms with van der Waals surface area (Å²) in [6.45, 7) is 5.44. The van der Waals surface area contributed by atoms with Crippen LogP contribution in [0.3, 0.4) is 0 Å². The number of ether oxygens (including phenoxy) is 2. The van der Waals surface area contributed by atoms with Gasteiger partial charge in [-0.15, -0.1) is 0 Å². The van der Waals surface area contributed by atoms with Crippen LogP contribution in [0.15, 0.2) is 30.6 Å². The van der Waals surface area contributed by atoms with Crippen molar-refractivity contribution in [2.75, 3.05) is 46.1 Å². The van der Waals surface area contributed by atoms with Crippen LogP contribution in [0.2, 0.25) is 0 Å². The maximum atomic E-state index is 12.9. The van der Waals surface area contributed by atoms with Crippen LogP contribution in [0.5, 0.6) is 11.5 Å². The Morgan fingerprint density at radius 2 is 1.68 bits per heavy atom. The Kier molecular flexibility index (Phi) is 5.50. The van der Waals surface area contributed by atoms with Crippen molar-refractivity contribution < 1.29 is 19.1 Å². The SMILES string of the molecule is O=C(c1cnn(C(=O)N2CCN(Cc3ccc4c(c3)OCO4)CC2)c1)N1CCCCC1. The van der Waals surface area contributed by atoms with Crippen molar-refractivity contribution in [2.24, 2.45) is 0 Å². The van der Waals surface area contributed by atoms with Crippen molar-refractivity contribution in [1.82, 2.24) is 24.5 Å². The minimum Gasteiger partial charge on any atom is -0.454 e. The van der Waals surface area contributed by atoms with E-state index in [0.29, 0.717) is 18.7 Å². The summed E-state index contributed by atoms with van der Waals surface area (Å²) in [6.07, 6.45) is 6.32. The maximum Gasteiger partial charge on any atom is 0.344 e. The number of nitrogens with zero attached hydrogens (tertiary/aromatic N) is 5. The molecule has 3 aliphatic heterocycles. The number of carbonyl (C=O) groups excluding carboxylic acids is 2. The Balaban J connectivity index is 1.15. The first kappa shape index (κ1) is 19.9. The summed E-state index contributed by atoms with van der Waals surface area (Å²) in [5, 5.41) is 4.17. The van der Waals surface area contributed by atoms with Gasteiger partial charge in [0.25, 0.3) is 5.91 Å². The second-order valence-corrected chi connectivity index (χ2v) is 8.26. The number of piperidine rings is 1. The topological polar surface area (TPSA) is 80.1 Å². The van der Waals surface area contributed by atoms with Gasteiger partial charge in [0.1, 0.15) is 0 Å². The smallest absolute Gasteiger partial charge is 0.344 e. The van der Waals surface area contributed by atoms with Gasteiger partial charge >= 0.3 is 6.03 Å². The molecule has 0 spiro atoms. The predicted octanol–water partition coefficient (Wildman–Crippen LogP) is 2.02. The highest BCUT2D eigenvalue weighted by molar-refractivity contribution is 5.94. The number of benzene rings is 1. The average Bonchev–Trinajstić information content (AvgIpc) is 3.49. The summed E-state index contributed by atoms with van der Waals surface area (Å²) in [4.78, 5) is 31.4. The van der Waals surface area contributed by atoms with E-state index in [4.69, 9.17) is 9.47 Å². The highest BCUT2D eigenvalue weighted by Crippen LogP contribution is 2.32. The van der Waals surface area contributed by atoms with Gasteiger partial charge in [0.15, 0.2) is 11.5 Å². The first-order valence-electron chi connectivity index (χ1n) is 10.9. The minimum atomic E-state index is -0.180. The van der Waals surface area contributed by atoms with Crippen molar-refractivity contribution >= 4 is 11.9 Å². The minimum absolute atomic E-state index is 0.0349. The highest BCUT2D eigenvalue weighted by atomic mass is 16.7. The van der Waals surface area contributed by atoms with E-state index in [1.807, 2.05) is 17.0 Å². The third-order valence-electron chi connectivity index (χ3n) is 6.15. The fourth-order valence-corrected chi connectivity index (χ4v) is 4.36. The van der Waals surface area contributed by atoms with Crippen molar-refractivity contribution in [1.29, 1.82) is 0 Å². The molecule has 0 radical (unpaired) electrons. The summed E-state index contributed by atoms with van der Waals surface area (Å²) in [7, 11) is 0. The number of carbonyl (C=O) groups is 2. The zero-order chi connectivity index (χ0) is 21.2. The maximum absolute atomic E-state index is 12.9. The number of hydrogen-bond donors (Lipinski definition) is 0. The Morgan fingerprint density at radius 1 is 0.903 bits per heavy atom. The summed E-state index contributed by atoms with van der Waals surface area (Å²) in [6, 6.07) is 5.83. The zero-order valence-corrected chi connectivity index (χ0v) is 17.5. The molecule has 0 saturated carbocycles. The van der Waals surface area contributed by atoms with E-state index in [2.05, 4.69) is 16.1 Å². The number of hydrogen-bond acceptors (Lipinski definition) is 6. The second-order valence-electron chi connectivity index (χ2n) is 8.26. The van der Waals surface area contributed by atoms with Crippen molar-refractivity contribution in [2.45, 2.75) is 25.8 Å². The van der Waals surface area contributed by atoms with Crippen LogP contribution < -0.4 is 9.47 Å². The van der Waals surface area contributed by atoms with Crippen LogP contribution in [-0.2, 0) is 6.54 Å². The molecule has 2 saturated heterocycles. The molecular formula is C22H27N5O4. The molecule has 2 amide bonds. The lowest BCUT2D eigenvalue weighted by Gasteiger charge is -2.34. The quantitative estimate of drug-likeness (QED) is 0.749. The van der Waals surface area contributed by atoms with Crippen LogP contribution in [0, 0.1) is 0 Å². The van der Waals surface area contributed by atoms with E-state index in [1.54, 1.807) is 11.1 Å². The molecule has 9 heteroatoms. The summed E-state index contributed by atoms with van der Waals surface area (Å²) < 4.78 is 12.1. The first-order valence-corrected chi connectivity index (χ1v) is 10.9. The van der Waals surface area contributed by atoms with Gasteiger partial charge < -0.3 is 19.3 Å². The zero-order valence-electron chi connectivity index (χ0n) is 17.5. The average molecular weight is 425 g/mol. The van der Waals surface area contributed by atoms with Gasteiger partial charge in [-0.3, -0.25) is 9.69 Å². The van der Waals surface area contributed by atoms with Crippen molar-refractivity contribution in [3.63, 3.8) is 0 Å². The Morgan fingerprint density at radius 3 is 2.48 bits per heavy atom. The van der Waals surface area contributed by atoms with E-state index < -0.39 is 0 Å². The highest BCUT2D eigenvalue weighted by Gasteiger charge is 2.25. The Hall–Kier alpha value is -3.07. The standard InChI is InChI=1S/C22H27N5O4/c28-21(25-6-2-1-3-7-25)18-13-23-27(15-18)22(29)26-10-8-24(9-11-26)14-17-4-5-19-20(12-17)31-16-30-19/h4-5,12-13,15H,1-3,6-11,14,16H2. The first-order chi connectivity index (χ1) is 15.2. The molecular weight excluding hydrogens is 398 g/mol. The molecule has 4 heterocycles. The van der Waals surface area contributed by atoms with Crippen LogP contribution in [0.1, 0.15) is 35.2 Å². The number of rotatable bonds is 3. The van der Waals surface area contributed by atoms with E-state index in [1.165, 1.54) is 17.3 Å². The van der Waals surface area contributed by atoms with Crippen molar-refractivity contribution in [3.8, 4) is 11.5 Å². The molecule has 164 valence electrons. The number of likely N-dealkylation sites (tertiary alicyclic amines) is 1. The molecule has 0 atom stereocenters. The molecule has 0 unspecified atom stereocenters. The molecule has 0 N–H and O–H groups in total. The lowest BCUT2D eigenvalue weighted by molar-refractivity contribution is 0.0724.